The van der Waals surface area contributed by atoms with Gasteiger partial charge in [-0.1, -0.05) is 20.8 Å². The minimum absolute atomic E-state index is 0.0388. The number of nitrogen functional groups attached to an aromatic ring is 1. The molecule has 3 heterocycles. The van der Waals surface area contributed by atoms with E-state index in [9.17, 15) is 15.0 Å². The van der Waals surface area contributed by atoms with E-state index < -0.39 is 44.5 Å². The predicted molar refractivity (Wildman–Crippen MR) is 113 cm³/mol. The van der Waals surface area contributed by atoms with Gasteiger partial charge >= 0.3 is 7.82 Å². The molecule has 0 amide bonds. The molecule has 0 radical (unpaired) electrons. The second-order valence-corrected chi connectivity index (χ2v) is 7.66. The number of H-pyrrole nitrogens is 1. The highest BCUT2D eigenvalue weighted by Gasteiger charge is 2.44. The number of hydrogen-bond donors (Lipinski definition) is 8. The van der Waals surface area contributed by atoms with Crippen molar-refractivity contribution < 1.29 is 39.3 Å². The van der Waals surface area contributed by atoms with Crippen LogP contribution in [0.4, 0.5) is 5.95 Å². The van der Waals surface area contributed by atoms with Gasteiger partial charge in [-0.05, 0) is 19.6 Å². The lowest BCUT2D eigenvalue weighted by Gasteiger charge is -2.16. The maximum Gasteiger partial charge on any atom is 0.466 e. The number of fused-ring (bicyclic) bond motifs is 1. The quantitative estimate of drug-likeness (QED) is 0.210. The van der Waals surface area contributed by atoms with Crippen LogP contribution in [0.25, 0.3) is 11.2 Å². The second kappa shape index (κ2) is 12.3. The van der Waals surface area contributed by atoms with Crippen LogP contribution in [0.15, 0.2) is 11.1 Å². The topological polar surface area (TPSA) is 241 Å². The number of nitrogens with one attached hydrogen (secondary N) is 1. The van der Waals surface area contributed by atoms with Crippen molar-refractivity contribution in [3.8, 4) is 0 Å². The number of aromatic nitrogens is 4. The molecule has 1 fully saturated rings. The molecule has 16 heteroatoms. The van der Waals surface area contributed by atoms with Crippen molar-refractivity contribution in [3.63, 3.8) is 0 Å². The van der Waals surface area contributed by atoms with Gasteiger partial charge in [-0.2, -0.15) is 4.98 Å². The molecule has 32 heavy (non-hydrogen) atoms. The maximum absolute atomic E-state index is 11.7. The molecule has 2 aromatic rings. The number of aromatic amines is 1. The Morgan fingerprint density at radius 2 is 1.72 bits per heavy atom. The number of rotatable bonds is 5. The molecule has 0 aromatic carbocycles. The van der Waals surface area contributed by atoms with Crippen LogP contribution in [-0.2, 0) is 9.30 Å². The first-order valence-electron chi connectivity index (χ1n) is 9.73. The highest BCUT2D eigenvalue weighted by Crippen LogP contribution is 2.30. The van der Waals surface area contributed by atoms with Gasteiger partial charge in [0.1, 0.15) is 18.3 Å². The summed E-state index contributed by atoms with van der Waals surface area (Å²) in [5.41, 5.74) is 5.12. The largest absolute Gasteiger partial charge is 0.466 e. The lowest BCUT2D eigenvalue weighted by Crippen LogP contribution is -2.33. The van der Waals surface area contributed by atoms with E-state index in [0.29, 0.717) is 0 Å². The van der Waals surface area contributed by atoms with Crippen LogP contribution in [0.5, 0.6) is 0 Å². The van der Waals surface area contributed by atoms with Crippen LogP contribution in [-0.4, -0.2) is 99.0 Å². The van der Waals surface area contributed by atoms with E-state index >= 15 is 0 Å². The Labute approximate surface area is 183 Å². The zero-order valence-electron chi connectivity index (χ0n) is 17.9. The molecule has 3 rings (SSSR count). The highest BCUT2D eigenvalue weighted by molar-refractivity contribution is 7.45. The number of aliphatic hydroxyl groups excluding tert-OH is 3. The minimum Gasteiger partial charge on any atom is -0.394 e. The highest BCUT2D eigenvalue weighted by atomic mass is 31.2. The molecule has 9 N–H and O–H groups in total. The summed E-state index contributed by atoms with van der Waals surface area (Å²) in [6.45, 7) is 9.68. The lowest BCUT2D eigenvalue weighted by molar-refractivity contribution is -0.0511. The van der Waals surface area contributed by atoms with Gasteiger partial charge in [-0.3, -0.25) is 14.3 Å². The third-order valence-corrected chi connectivity index (χ3v) is 4.58. The van der Waals surface area contributed by atoms with Crippen molar-refractivity contribution in [2.45, 2.75) is 45.3 Å². The normalized spacial score (nSPS) is 22.9. The molecule has 0 unspecified atom stereocenters. The number of hydrogen-bond acceptors (Lipinski definition) is 10. The number of nitrogens with two attached hydrogens (primary N) is 1. The monoisotopic (exact) mass is 482 g/mol. The molecular formula is C16H31N6O9P. The summed E-state index contributed by atoms with van der Waals surface area (Å²) in [7, 11) is -4.64. The van der Waals surface area contributed by atoms with Crippen molar-refractivity contribution in [1.29, 1.82) is 0 Å². The van der Waals surface area contributed by atoms with Gasteiger partial charge < -0.3 is 45.4 Å². The van der Waals surface area contributed by atoms with Gasteiger partial charge in [0.25, 0.3) is 5.56 Å². The van der Waals surface area contributed by atoms with Crippen molar-refractivity contribution in [1.82, 2.24) is 24.4 Å². The van der Waals surface area contributed by atoms with E-state index in [-0.39, 0.29) is 17.1 Å². The Morgan fingerprint density at radius 3 is 2.12 bits per heavy atom. The van der Waals surface area contributed by atoms with Gasteiger partial charge in [-0.25, -0.2) is 9.55 Å². The molecular weight excluding hydrogens is 451 g/mol. The van der Waals surface area contributed by atoms with Crippen molar-refractivity contribution in [2.75, 3.05) is 32.0 Å². The zero-order valence-corrected chi connectivity index (χ0v) is 18.8. The first kappa shape index (κ1) is 28.1. The van der Waals surface area contributed by atoms with Crippen molar-refractivity contribution in [2.24, 2.45) is 0 Å². The van der Waals surface area contributed by atoms with Crippen LogP contribution in [0.1, 0.15) is 27.0 Å². The molecule has 0 aliphatic carbocycles. The molecule has 0 spiro atoms. The predicted octanol–water partition coefficient (Wildman–Crippen LogP) is -2.27. The molecule has 15 nitrogen and oxygen atoms in total. The Kier molecular flexibility index (Phi) is 10.8. The van der Waals surface area contributed by atoms with E-state index in [0.717, 1.165) is 0 Å². The van der Waals surface area contributed by atoms with Crippen LogP contribution in [0, 0.1) is 0 Å². The van der Waals surface area contributed by atoms with E-state index in [1.165, 1.54) is 30.5 Å². The van der Waals surface area contributed by atoms with Crippen molar-refractivity contribution in [3.05, 3.63) is 16.7 Å². The van der Waals surface area contributed by atoms with Gasteiger partial charge in [0.2, 0.25) is 5.95 Å². The van der Waals surface area contributed by atoms with Crippen LogP contribution in [0.2, 0.25) is 0 Å². The van der Waals surface area contributed by atoms with Gasteiger partial charge in [0.05, 0.1) is 12.9 Å². The summed E-state index contributed by atoms with van der Waals surface area (Å²) in [6.07, 6.45) is -3.21. The Hall–Kier alpha value is -1.94. The number of aliphatic hydroxyl groups is 3. The van der Waals surface area contributed by atoms with Gasteiger partial charge in [0, 0.05) is 0 Å². The number of nitrogens with zero attached hydrogens (tertiary/aromatic N) is 4. The third kappa shape index (κ3) is 7.88. The molecule has 184 valence electrons. The van der Waals surface area contributed by atoms with E-state index in [1.807, 2.05) is 0 Å². The second-order valence-electron chi connectivity index (χ2n) is 6.64. The smallest absolute Gasteiger partial charge is 0.394 e. The summed E-state index contributed by atoms with van der Waals surface area (Å²) >= 11 is 0. The fourth-order valence-corrected chi connectivity index (χ4v) is 2.91. The molecule has 0 saturated carbocycles. The van der Waals surface area contributed by atoms with Crippen LogP contribution >= 0.6 is 7.82 Å². The molecule has 0 bridgehead atoms. The molecule has 1 saturated heterocycles. The fourth-order valence-electron chi connectivity index (χ4n) is 2.91. The number of imidazole rings is 1. The fraction of sp³-hybridized carbons (Fsp3) is 0.688. The number of phosphoric acid groups is 1. The first-order chi connectivity index (χ1) is 14.9. The van der Waals surface area contributed by atoms with Crippen molar-refractivity contribution >= 4 is 24.9 Å². The molecule has 1 aliphatic heterocycles. The molecule has 2 aromatic heterocycles. The van der Waals surface area contributed by atoms with E-state index in [4.69, 9.17) is 34.8 Å². The Balaban J connectivity index is 0.000000355. The average Bonchev–Trinajstić information content (AvgIpc) is 3.24. The summed E-state index contributed by atoms with van der Waals surface area (Å²) in [5.74, 6) is -0.101. The maximum atomic E-state index is 11.7. The molecule has 4 atom stereocenters. The summed E-state index contributed by atoms with van der Waals surface area (Å²) in [6, 6.07) is 0. The number of anilines is 1. The van der Waals surface area contributed by atoms with Gasteiger partial charge in [-0.15, -0.1) is 0 Å². The standard InChI is InChI=1S/C10H13N5O5.C6H15N.H3O4P/c11-10-13-7-4(8(19)14-10)12-2-15(7)9-6(18)5(17)3(1-16)20-9;1-4-7(5-2)6-3;1-5(2,3)4/h2-3,5-6,9,16-18H,1H2,(H3,11,13,14,19);4-6H2,1-3H3;(H3,1,2,3,4)/t3-,5-,6-,9-;;/m1../s1. The van der Waals surface area contributed by atoms with E-state index in [1.54, 1.807) is 0 Å². The van der Waals surface area contributed by atoms with Crippen LogP contribution < -0.4 is 11.3 Å². The SMILES string of the molecule is CCN(CC)CC.Nc1nc2c(ncn2[C@@H]2O[C@H](CO)[C@@H](O)[C@H]2O)c(=O)[nH]1.O=P(O)(O)O. The Morgan fingerprint density at radius 1 is 1.19 bits per heavy atom. The number of ether oxygens (including phenoxy) is 1. The average molecular weight is 482 g/mol. The zero-order chi connectivity index (χ0) is 24.6. The summed E-state index contributed by atoms with van der Waals surface area (Å²) in [5, 5.41) is 28.7. The molecule has 1 aliphatic rings. The Bertz CT molecular complexity index is 930. The van der Waals surface area contributed by atoms with Crippen LogP contribution in [0.3, 0.4) is 0 Å². The lowest BCUT2D eigenvalue weighted by atomic mass is 10.1. The third-order valence-electron chi connectivity index (χ3n) is 4.58. The summed E-state index contributed by atoms with van der Waals surface area (Å²) in [4.78, 5) is 45.7. The van der Waals surface area contributed by atoms with E-state index in [2.05, 4.69) is 40.6 Å². The first-order valence-corrected chi connectivity index (χ1v) is 11.3. The van der Waals surface area contributed by atoms with Gasteiger partial charge in [0.15, 0.2) is 17.4 Å². The minimum atomic E-state index is -4.64. The summed E-state index contributed by atoms with van der Waals surface area (Å²) < 4.78 is 15.5.